The number of aliphatic hydroxyl groups is 1. The molecule has 0 spiro atoms. The van der Waals surface area contributed by atoms with Crippen molar-refractivity contribution < 1.29 is 18.8 Å². The molecule has 0 radical (unpaired) electrons. The Bertz CT molecular complexity index is 1090. The van der Waals surface area contributed by atoms with Gasteiger partial charge in [0.15, 0.2) is 0 Å². The van der Waals surface area contributed by atoms with Crippen molar-refractivity contribution in [2.45, 2.75) is 6.04 Å². The lowest BCUT2D eigenvalue weighted by Crippen LogP contribution is -2.31. The summed E-state index contributed by atoms with van der Waals surface area (Å²) in [6.45, 7) is -0.426. The van der Waals surface area contributed by atoms with E-state index < -0.39 is 24.4 Å². The standard InChI is InChI=1S/C19H15FN4O3/c20-14-5-3-12(4-6-14)18(26)22-16(10-25)19-23-17(24-27-19)13-2-1-11-7-8-21-15(11)9-13/h1-9,16,21,25H,10H2,(H,22,26)/t16-/m0/s1. The number of nitrogens with zero attached hydrogens (tertiary/aromatic N) is 2. The SMILES string of the molecule is O=C(N[C@@H](CO)c1nc(-c2ccc3cc[nH]c3c2)no1)c1ccc(F)cc1. The first-order chi connectivity index (χ1) is 13.1. The lowest BCUT2D eigenvalue weighted by Gasteiger charge is -2.12. The minimum absolute atomic E-state index is 0.0783. The first-order valence-corrected chi connectivity index (χ1v) is 8.22. The van der Waals surface area contributed by atoms with Crippen LogP contribution in [0, 0.1) is 5.82 Å². The Morgan fingerprint density at radius 2 is 2.04 bits per heavy atom. The average Bonchev–Trinajstić information content (AvgIpc) is 3.35. The van der Waals surface area contributed by atoms with Crippen molar-refractivity contribution in [3.05, 3.63) is 72.0 Å². The van der Waals surface area contributed by atoms with Crippen LogP contribution in [0.4, 0.5) is 4.39 Å². The molecule has 27 heavy (non-hydrogen) atoms. The van der Waals surface area contributed by atoms with E-state index in [0.29, 0.717) is 5.82 Å². The summed E-state index contributed by atoms with van der Waals surface area (Å²) >= 11 is 0. The minimum Gasteiger partial charge on any atom is -0.394 e. The van der Waals surface area contributed by atoms with E-state index in [1.165, 1.54) is 24.3 Å². The fraction of sp³-hybridized carbons (Fsp3) is 0.105. The molecular weight excluding hydrogens is 351 g/mol. The van der Waals surface area contributed by atoms with Gasteiger partial charge in [-0.1, -0.05) is 17.3 Å². The summed E-state index contributed by atoms with van der Waals surface area (Å²) in [7, 11) is 0. The van der Waals surface area contributed by atoms with Crippen LogP contribution < -0.4 is 5.32 Å². The second kappa shape index (κ2) is 7.00. The van der Waals surface area contributed by atoms with E-state index in [1.54, 1.807) is 0 Å². The maximum atomic E-state index is 13.0. The molecule has 0 aliphatic rings. The van der Waals surface area contributed by atoms with Crippen LogP contribution in [0.5, 0.6) is 0 Å². The molecule has 0 saturated carbocycles. The van der Waals surface area contributed by atoms with Gasteiger partial charge in [0.25, 0.3) is 11.8 Å². The van der Waals surface area contributed by atoms with Gasteiger partial charge in [-0.25, -0.2) is 4.39 Å². The number of aliphatic hydroxyl groups excluding tert-OH is 1. The lowest BCUT2D eigenvalue weighted by atomic mass is 10.1. The highest BCUT2D eigenvalue weighted by Gasteiger charge is 2.22. The molecule has 4 rings (SSSR count). The number of rotatable bonds is 5. The lowest BCUT2D eigenvalue weighted by molar-refractivity contribution is 0.0901. The predicted octanol–water partition coefficient (Wildman–Crippen LogP) is 2.82. The van der Waals surface area contributed by atoms with Gasteiger partial charge in [-0.05, 0) is 41.8 Å². The summed E-state index contributed by atoms with van der Waals surface area (Å²) in [6, 6.07) is 11.8. The number of amides is 1. The van der Waals surface area contributed by atoms with Crippen LogP contribution in [-0.2, 0) is 0 Å². The fourth-order valence-corrected chi connectivity index (χ4v) is 2.71. The minimum atomic E-state index is -0.877. The molecule has 4 aromatic rings. The smallest absolute Gasteiger partial charge is 0.251 e. The van der Waals surface area contributed by atoms with Gasteiger partial charge >= 0.3 is 0 Å². The highest BCUT2D eigenvalue weighted by atomic mass is 19.1. The molecule has 3 N–H and O–H groups in total. The molecule has 0 aliphatic carbocycles. The van der Waals surface area contributed by atoms with Gasteiger partial charge < -0.3 is 19.9 Å². The topological polar surface area (TPSA) is 104 Å². The van der Waals surface area contributed by atoms with Crippen LogP contribution in [-0.4, -0.2) is 32.7 Å². The number of H-pyrrole nitrogens is 1. The normalized spacial score (nSPS) is 12.2. The second-order valence-electron chi connectivity index (χ2n) is 5.95. The Hall–Kier alpha value is -3.52. The van der Waals surface area contributed by atoms with Crippen LogP contribution in [0.2, 0.25) is 0 Å². The summed E-state index contributed by atoms with van der Waals surface area (Å²) < 4.78 is 18.2. The van der Waals surface area contributed by atoms with E-state index in [2.05, 4.69) is 20.4 Å². The van der Waals surface area contributed by atoms with E-state index in [1.807, 2.05) is 30.5 Å². The molecule has 2 aromatic heterocycles. The van der Waals surface area contributed by atoms with Crippen molar-refractivity contribution in [1.29, 1.82) is 0 Å². The third-order valence-electron chi connectivity index (χ3n) is 4.15. The van der Waals surface area contributed by atoms with Crippen molar-refractivity contribution in [1.82, 2.24) is 20.4 Å². The van der Waals surface area contributed by atoms with Crippen molar-refractivity contribution in [3.8, 4) is 11.4 Å². The van der Waals surface area contributed by atoms with Crippen LogP contribution >= 0.6 is 0 Å². The number of fused-ring (bicyclic) bond motifs is 1. The summed E-state index contributed by atoms with van der Waals surface area (Å²) in [5.74, 6) is -0.502. The third-order valence-corrected chi connectivity index (χ3v) is 4.15. The van der Waals surface area contributed by atoms with Crippen molar-refractivity contribution in [3.63, 3.8) is 0 Å². The number of carbonyl (C=O) groups is 1. The zero-order valence-corrected chi connectivity index (χ0v) is 14.0. The molecule has 2 aromatic carbocycles. The summed E-state index contributed by atoms with van der Waals surface area (Å²) in [5, 5.41) is 17.2. The molecule has 8 heteroatoms. The number of aromatic amines is 1. The van der Waals surface area contributed by atoms with Crippen LogP contribution in [0.25, 0.3) is 22.3 Å². The number of hydrogen-bond donors (Lipinski definition) is 3. The van der Waals surface area contributed by atoms with E-state index in [-0.39, 0.29) is 11.5 Å². The number of aromatic nitrogens is 3. The number of nitrogens with one attached hydrogen (secondary N) is 2. The monoisotopic (exact) mass is 366 g/mol. The Morgan fingerprint density at radius 3 is 2.81 bits per heavy atom. The van der Waals surface area contributed by atoms with E-state index in [0.717, 1.165) is 16.5 Å². The molecule has 1 atom stereocenters. The Morgan fingerprint density at radius 1 is 1.22 bits per heavy atom. The summed E-state index contributed by atoms with van der Waals surface area (Å²) in [6.07, 6.45) is 1.84. The molecule has 0 unspecified atom stereocenters. The molecule has 0 bridgehead atoms. The molecule has 1 amide bonds. The van der Waals surface area contributed by atoms with E-state index in [4.69, 9.17) is 4.52 Å². The predicted molar refractivity (Wildman–Crippen MR) is 95.3 cm³/mol. The quantitative estimate of drug-likeness (QED) is 0.504. The third kappa shape index (κ3) is 3.42. The first kappa shape index (κ1) is 16.9. The number of halogens is 1. The van der Waals surface area contributed by atoms with E-state index in [9.17, 15) is 14.3 Å². The highest BCUT2D eigenvalue weighted by molar-refractivity contribution is 5.94. The molecule has 0 saturated heterocycles. The maximum Gasteiger partial charge on any atom is 0.251 e. The zero-order chi connectivity index (χ0) is 18.8. The van der Waals surface area contributed by atoms with Gasteiger partial charge in [0.1, 0.15) is 11.9 Å². The van der Waals surface area contributed by atoms with E-state index >= 15 is 0 Å². The largest absolute Gasteiger partial charge is 0.394 e. The Balaban J connectivity index is 1.54. The van der Waals surface area contributed by atoms with Gasteiger partial charge in [0, 0.05) is 22.8 Å². The van der Waals surface area contributed by atoms with Crippen LogP contribution in [0.1, 0.15) is 22.3 Å². The van der Waals surface area contributed by atoms with Gasteiger partial charge in [-0.3, -0.25) is 4.79 Å². The molecule has 7 nitrogen and oxygen atoms in total. The van der Waals surface area contributed by atoms with Crippen LogP contribution in [0.3, 0.4) is 0 Å². The Labute approximate surface area is 152 Å². The fourth-order valence-electron chi connectivity index (χ4n) is 2.71. The molecule has 0 fully saturated rings. The van der Waals surface area contributed by atoms with Crippen LogP contribution in [0.15, 0.2) is 59.3 Å². The molecule has 2 heterocycles. The molecule has 0 aliphatic heterocycles. The van der Waals surface area contributed by atoms with Crippen molar-refractivity contribution in [2.24, 2.45) is 0 Å². The van der Waals surface area contributed by atoms with Gasteiger partial charge in [-0.15, -0.1) is 0 Å². The second-order valence-corrected chi connectivity index (χ2v) is 5.95. The van der Waals surface area contributed by atoms with Crippen molar-refractivity contribution >= 4 is 16.8 Å². The van der Waals surface area contributed by atoms with Crippen molar-refractivity contribution in [2.75, 3.05) is 6.61 Å². The van der Waals surface area contributed by atoms with Gasteiger partial charge in [0.05, 0.1) is 6.61 Å². The first-order valence-electron chi connectivity index (χ1n) is 8.22. The number of benzene rings is 2. The number of hydrogen-bond acceptors (Lipinski definition) is 5. The molecule has 136 valence electrons. The number of carbonyl (C=O) groups excluding carboxylic acids is 1. The Kier molecular flexibility index (Phi) is 4.39. The molecular formula is C19H15FN4O3. The maximum absolute atomic E-state index is 13.0. The summed E-state index contributed by atoms with van der Waals surface area (Å²) in [5.41, 5.74) is 1.93. The highest BCUT2D eigenvalue weighted by Crippen LogP contribution is 2.23. The van der Waals surface area contributed by atoms with Gasteiger partial charge in [0.2, 0.25) is 5.82 Å². The average molecular weight is 366 g/mol. The zero-order valence-electron chi connectivity index (χ0n) is 14.0. The summed E-state index contributed by atoms with van der Waals surface area (Å²) in [4.78, 5) is 19.6. The van der Waals surface area contributed by atoms with Gasteiger partial charge in [-0.2, -0.15) is 4.98 Å².